The Balaban J connectivity index is 2.11. The van der Waals surface area contributed by atoms with Gasteiger partial charge in [0.1, 0.15) is 0 Å². The first-order valence-corrected chi connectivity index (χ1v) is 4.25. The maximum Gasteiger partial charge on any atom is 0.0194 e. The van der Waals surface area contributed by atoms with Crippen LogP contribution in [0.25, 0.3) is 0 Å². The van der Waals surface area contributed by atoms with Crippen molar-refractivity contribution in [3.8, 4) is 0 Å². The Morgan fingerprint density at radius 2 is 2.45 bits per heavy atom. The summed E-state index contributed by atoms with van der Waals surface area (Å²) < 4.78 is 0. The molecule has 1 aromatic rings. The monoisotopic (exact) mass is 150 g/mol. The molecule has 3 N–H and O–H groups in total. The number of H-pyrrole nitrogens is 1. The molecule has 1 aliphatic rings. The SMILES string of the molecule is NCC(c1ccc[nH]1)C1CC1. The van der Waals surface area contributed by atoms with E-state index in [4.69, 9.17) is 5.73 Å². The summed E-state index contributed by atoms with van der Waals surface area (Å²) in [6.45, 7) is 0.783. The highest BCUT2D eigenvalue weighted by Gasteiger charge is 2.31. The Kier molecular flexibility index (Phi) is 1.70. The van der Waals surface area contributed by atoms with Gasteiger partial charge in [0.25, 0.3) is 0 Å². The molecule has 0 amide bonds. The van der Waals surface area contributed by atoms with Crippen molar-refractivity contribution in [1.29, 1.82) is 0 Å². The molecule has 2 rings (SSSR count). The zero-order valence-corrected chi connectivity index (χ0v) is 6.59. The number of nitrogens with two attached hydrogens (primary N) is 1. The van der Waals surface area contributed by atoms with Gasteiger partial charge in [-0.25, -0.2) is 0 Å². The van der Waals surface area contributed by atoms with Crippen LogP contribution in [0.1, 0.15) is 24.5 Å². The average Bonchev–Trinajstić information content (AvgIpc) is 2.68. The van der Waals surface area contributed by atoms with E-state index in [1.807, 2.05) is 12.3 Å². The van der Waals surface area contributed by atoms with Crippen molar-refractivity contribution in [2.75, 3.05) is 6.54 Å². The van der Waals surface area contributed by atoms with Crippen molar-refractivity contribution in [3.63, 3.8) is 0 Å². The van der Waals surface area contributed by atoms with Gasteiger partial charge in [0, 0.05) is 24.4 Å². The van der Waals surface area contributed by atoms with Gasteiger partial charge < -0.3 is 10.7 Å². The van der Waals surface area contributed by atoms with Crippen molar-refractivity contribution < 1.29 is 0 Å². The van der Waals surface area contributed by atoms with Crippen LogP contribution >= 0.6 is 0 Å². The van der Waals surface area contributed by atoms with Crippen molar-refractivity contribution in [3.05, 3.63) is 24.0 Å². The normalized spacial score (nSPS) is 20.1. The zero-order chi connectivity index (χ0) is 7.68. The molecule has 2 heteroatoms. The lowest BCUT2D eigenvalue weighted by Crippen LogP contribution is -2.14. The smallest absolute Gasteiger partial charge is 0.0194 e. The summed E-state index contributed by atoms with van der Waals surface area (Å²) in [6, 6.07) is 4.18. The van der Waals surface area contributed by atoms with Gasteiger partial charge in [-0.2, -0.15) is 0 Å². The maximum absolute atomic E-state index is 5.68. The van der Waals surface area contributed by atoms with E-state index in [1.165, 1.54) is 18.5 Å². The largest absolute Gasteiger partial charge is 0.365 e. The van der Waals surface area contributed by atoms with E-state index >= 15 is 0 Å². The fraction of sp³-hybridized carbons (Fsp3) is 0.556. The van der Waals surface area contributed by atoms with Gasteiger partial charge >= 0.3 is 0 Å². The van der Waals surface area contributed by atoms with Crippen LogP contribution < -0.4 is 5.73 Å². The number of aromatic nitrogens is 1. The van der Waals surface area contributed by atoms with Crippen LogP contribution in [0.4, 0.5) is 0 Å². The average molecular weight is 150 g/mol. The first-order chi connectivity index (χ1) is 5.42. The van der Waals surface area contributed by atoms with Gasteiger partial charge in [0.2, 0.25) is 0 Å². The van der Waals surface area contributed by atoms with E-state index in [9.17, 15) is 0 Å². The quantitative estimate of drug-likeness (QED) is 0.673. The highest BCUT2D eigenvalue weighted by atomic mass is 14.7. The van der Waals surface area contributed by atoms with Crippen LogP contribution in [-0.2, 0) is 0 Å². The molecule has 0 spiro atoms. The molecular formula is C9H14N2. The van der Waals surface area contributed by atoms with Gasteiger partial charge in [-0.1, -0.05) is 0 Å². The second-order valence-electron chi connectivity index (χ2n) is 3.31. The summed E-state index contributed by atoms with van der Waals surface area (Å²) >= 11 is 0. The van der Waals surface area contributed by atoms with Gasteiger partial charge in [-0.15, -0.1) is 0 Å². The molecule has 2 nitrogen and oxygen atoms in total. The van der Waals surface area contributed by atoms with E-state index < -0.39 is 0 Å². The molecule has 0 saturated heterocycles. The molecule has 1 unspecified atom stereocenters. The summed E-state index contributed by atoms with van der Waals surface area (Å²) in [7, 11) is 0. The molecule has 1 fully saturated rings. The Bertz CT molecular complexity index is 211. The lowest BCUT2D eigenvalue weighted by molar-refractivity contribution is 0.602. The molecule has 1 aliphatic carbocycles. The van der Waals surface area contributed by atoms with Gasteiger partial charge in [0.15, 0.2) is 0 Å². The summed E-state index contributed by atoms with van der Waals surface area (Å²) in [5, 5.41) is 0. The van der Waals surface area contributed by atoms with Gasteiger partial charge in [-0.05, 0) is 30.9 Å². The third-order valence-corrected chi connectivity index (χ3v) is 2.47. The van der Waals surface area contributed by atoms with Gasteiger partial charge in [-0.3, -0.25) is 0 Å². The van der Waals surface area contributed by atoms with E-state index in [0.717, 1.165) is 12.5 Å². The lowest BCUT2D eigenvalue weighted by atomic mass is 10.0. The van der Waals surface area contributed by atoms with Crippen LogP contribution in [0.2, 0.25) is 0 Å². The van der Waals surface area contributed by atoms with Crippen LogP contribution in [0.5, 0.6) is 0 Å². The predicted molar refractivity (Wildman–Crippen MR) is 45.3 cm³/mol. The van der Waals surface area contributed by atoms with E-state index in [-0.39, 0.29) is 0 Å². The molecule has 1 atom stereocenters. The Hall–Kier alpha value is -0.760. The highest BCUT2D eigenvalue weighted by Crippen LogP contribution is 2.41. The van der Waals surface area contributed by atoms with Crippen LogP contribution in [0, 0.1) is 5.92 Å². The second kappa shape index (κ2) is 2.70. The zero-order valence-electron chi connectivity index (χ0n) is 6.59. The standard InChI is InChI=1S/C9H14N2/c10-6-8(7-3-4-7)9-2-1-5-11-9/h1-2,5,7-8,11H,3-4,6,10H2. The first-order valence-electron chi connectivity index (χ1n) is 4.25. The predicted octanol–water partition coefficient (Wildman–Crippen LogP) is 1.47. The van der Waals surface area contributed by atoms with Crippen molar-refractivity contribution >= 4 is 0 Å². The molecule has 60 valence electrons. The first kappa shape index (κ1) is 6.92. The minimum absolute atomic E-state index is 0.588. The Morgan fingerprint density at radius 3 is 2.91 bits per heavy atom. The van der Waals surface area contributed by atoms with Crippen LogP contribution in [0.3, 0.4) is 0 Å². The van der Waals surface area contributed by atoms with E-state index in [1.54, 1.807) is 0 Å². The number of aromatic amines is 1. The number of nitrogens with one attached hydrogen (secondary N) is 1. The molecular weight excluding hydrogens is 136 g/mol. The molecule has 1 heterocycles. The Labute approximate surface area is 66.8 Å². The summed E-state index contributed by atoms with van der Waals surface area (Å²) in [5.74, 6) is 1.45. The fourth-order valence-electron chi connectivity index (χ4n) is 1.65. The molecule has 0 aromatic carbocycles. The van der Waals surface area contributed by atoms with Crippen molar-refractivity contribution in [1.82, 2.24) is 4.98 Å². The highest BCUT2D eigenvalue weighted by molar-refractivity contribution is 5.13. The van der Waals surface area contributed by atoms with Crippen molar-refractivity contribution in [2.45, 2.75) is 18.8 Å². The minimum atomic E-state index is 0.588. The molecule has 0 aliphatic heterocycles. The van der Waals surface area contributed by atoms with Crippen LogP contribution in [-0.4, -0.2) is 11.5 Å². The summed E-state index contributed by atoms with van der Waals surface area (Å²) in [6.07, 6.45) is 4.70. The maximum atomic E-state index is 5.68. The molecule has 0 radical (unpaired) electrons. The molecule has 11 heavy (non-hydrogen) atoms. The van der Waals surface area contributed by atoms with Crippen molar-refractivity contribution in [2.24, 2.45) is 11.7 Å². The minimum Gasteiger partial charge on any atom is -0.365 e. The van der Waals surface area contributed by atoms with Gasteiger partial charge in [0.05, 0.1) is 0 Å². The number of rotatable bonds is 3. The van der Waals surface area contributed by atoms with E-state index in [0.29, 0.717) is 5.92 Å². The number of hydrogen-bond acceptors (Lipinski definition) is 1. The number of hydrogen-bond donors (Lipinski definition) is 2. The fourth-order valence-corrected chi connectivity index (χ4v) is 1.65. The Morgan fingerprint density at radius 1 is 1.64 bits per heavy atom. The molecule has 1 aromatic heterocycles. The lowest BCUT2D eigenvalue weighted by Gasteiger charge is -2.10. The topological polar surface area (TPSA) is 41.8 Å². The second-order valence-corrected chi connectivity index (χ2v) is 3.31. The van der Waals surface area contributed by atoms with E-state index in [2.05, 4.69) is 11.1 Å². The summed E-state index contributed by atoms with van der Waals surface area (Å²) in [5.41, 5.74) is 7.00. The molecule has 1 saturated carbocycles. The van der Waals surface area contributed by atoms with Crippen LogP contribution in [0.15, 0.2) is 18.3 Å². The summed E-state index contributed by atoms with van der Waals surface area (Å²) in [4.78, 5) is 3.23. The molecule has 0 bridgehead atoms. The third kappa shape index (κ3) is 1.31. The third-order valence-electron chi connectivity index (χ3n) is 2.47.